The maximum Gasteiger partial charge on any atom is 0.254 e. The molecule has 1 aromatic heterocycles. The number of hydrogen-bond acceptors (Lipinski definition) is 4. The fraction of sp³-hybridized carbons (Fsp3) is 0.538. The fourth-order valence-electron chi connectivity index (χ4n) is 1.71. The molecule has 0 radical (unpaired) electrons. The van der Waals surface area contributed by atoms with Crippen LogP contribution >= 0.6 is 11.6 Å². The topological polar surface area (TPSA) is 88.2 Å². The van der Waals surface area contributed by atoms with E-state index in [0.717, 1.165) is 0 Å². The Balaban J connectivity index is 2.91. The van der Waals surface area contributed by atoms with Crippen LogP contribution in [0.25, 0.3) is 0 Å². The number of carbonyl (C=O) groups excluding carboxylic acids is 1. The molecule has 0 aliphatic rings. The van der Waals surface area contributed by atoms with E-state index >= 15 is 0 Å². The van der Waals surface area contributed by atoms with Gasteiger partial charge in [0.05, 0.1) is 17.4 Å². The SMILES string of the molecule is CC(C)(C)C(CCO)NC(=O)c1cc(N)cnc1Cl. The van der Waals surface area contributed by atoms with Gasteiger partial charge in [-0.2, -0.15) is 0 Å². The molecular formula is C13H20ClN3O2. The first-order chi connectivity index (χ1) is 8.75. The Morgan fingerprint density at radius 2 is 2.21 bits per heavy atom. The van der Waals surface area contributed by atoms with E-state index < -0.39 is 0 Å². The van der Waals surface area contributed by atoms with Crippen LogP contribution in [-0.2, 0) is 0 Å². The number of aromatic nitrogens is 1. The molecule has 0 bridgehead atoms. The first kappa shape index (κ1) is 15.7. The van der Waals surface area contributed by atoms with E-state index in [4.69, 9.17) is 22.4 Å². The summed E-state index contributed by atoms with van der Waals surface area (Å²) < 4.78 is 0. The smallest absolute Gasteiger partial charge is 0.254 e. The summed E-state index contributed by atoms with van der Waals surface area (Å²) in [7, 11) is 0. The second-order valence-corrected chi connectivity index (χ2v) is 5.87. The predicted molar refractivity (Wildman–Crippen MR) is 76.1 cm³/mol. The highest BCUT2D eigenvalue weighted by Gasteiger charge is 2.26. The van der Waals surface area contributed by atoms with Crippen LogP contribution in [0.1, 0.15) is 37.6 Å². The average Bonchev–Trinajstić information content (AvgIpc) is 2.30. The van der Waals surface area contributed by atoms with Gasteiger partial charge in [-0.1, -0.05) is 32.4 Å². The van der Waals surface area contributed by atoms with E-state index in [2.05, 4.69) is 10.3 Å². The molecule has 106 valence electrons. The Bertz CT molecular complexity index is 458. The van der Waals surface area contributed by atoms with Crippen LogP contribution in [0.5, 0.6) is 0 Å². The second kappa shape index (κ2) is 6.21. The van der Waals surface area contributed by atoms with Crippen LogP contribution in [0.15, 0.2) is 12.3 Å². The standard InChI is InChI=1S/C13H20ClN3O2/c1-13(2,3)10(4-5-18)17-12(19)9-6-8(15)7-16-11(9)14/h6-7,10,18H,4-5,15H2,1-3H3,(H,17,19). The summed E-state index contributed by atoms with van der Waals surface area (Å²) in [5, 5.41) is 12.0. The number of aliphatic hydroxyl groups excluding tert-OH is 1. The molecule has 1 aromatic rings. The third-order valence-electron chi connectivity index (χ3n) is 2.87. The van der Waals surface area contributed by atoms with Crippen molar-refractivity contribution in [3.05, 3.63) is 23.0 Å². The Labute approximate surface area is 118 Å². The molecule has 4 N–H and O–H groups in total. The number of amides is 1. The van der Waals surface area contributed by atoms with Gasteiger partial charge in [0.1, 0.15) is 5.15 Å². The molecule has 0 spiro atoms. The van der Waals surface area contributed by atoms with Gasteiger partial charge in [0.2, 0.25) is 0 Å². The van der Waals surface area contributed by atoms with E-state index in [1.165, 1.54) is 12.3 Å². The molecule has 0 aromatic carbocycles. The zero-order chi connectivity index (χ0) is 14.6. The van der Waals surface area contributed by atoms with Crippen LogP contribution in [0.2, 0.25) is 5.15 Å². The highest BCUT2D eigenvalue weighted by Crippen LogP contribution is 2.23. The average molecular weight is 286 g/mol. The number of anilines is 1. The van der Waals surface area contributed by atoms with Gasteiger partial charge in [0.25, 0.3) is 5.91 Å². The first-order valence-corrected chi connectivity index (χ1v) is 6.46. The van der Waals surface area contributed by atoms with Crippen molar-refractivity contribution in [2.45, 2.75) is 33.2 Å². The van der Waals surface area contributed by atoms with E-state index in [1.54, 1.807) is 0 Å². The lowest BCUT2D eigenvalue weighted by molar-refractivity contribution is 0.0885. The van der Waals surface area contributed by atoms with Crippen molar-refractivity contribution in [2.75, 3.05) is 12.3 Å². The van der Waals surface area contributed by atoms with Crippen LogP contribution in [0.4, 0.5) is 5.69 Å². The molecule has 0 aliphatic heterocycles. The number of nitrogen functional groups attached to an aromatic ring is 1. The zero-order valence-electron chi connectivity index (χ0n) is 11.4. The molecule has 0 fully saturated rings. The van der Waals surface area contributed by atoms with E-state index in [9.17, 15) is 4.79 Å². The maximum atomic E-state index is 12.2. The zero-order valence-corrected chi connectivity index (χ0v) is 12.2. The van der Waals surface area contributed by atoms with Crippen molar-refractivity contribution in [3.63, 3.8) is 0 Å². The molecule has 1 amide bonds. The third kappa shape index (κ3) is 4.36. The van der Waals surface area contributed by atoms with Crippen LogP contribution in [-0.4, -0.2) is 28.6 Å². The monoisotopic (exact) mass is 285 g/mol. The highest BCUT2D eigenvalue weighted by molar-refractivity contribution is 6.32. The van der Waals surface area contributed by atoms with Crippen molar-refractivity contribution >= 4 is 23.2 Å². The Morgan fingerprint density at radius 1 is 1.58 bits per heavy atom. The molecule has 1 atom stereocenters. The normalized spacial score (nSPS) is 13.1. The first-order valence-electron chi connectivity index (χ1n) is 6.08. The van der Waals surface area contributed by atoms with Gasteiger partial charge in [0, 0.05) is 12.6 Å². The minimum absolute atomic E-state index is 0.00509. The van der Waals surface area contributed by atoms with Gasteiger partial charge >= 0.3 is 0 Å². The van der Waals surface area contributed by atoms with E-state index in [-0.39, 0.29) is 34.7 Å². The van der Waals surface area contributed by atoms with Gasteiger partial charge in [0.15, 0.2) is 0 Å². The Hall–Kier alpha value is -1.33. The van der Waals surface area contributed by atoms with Crippen molar-refractivity contribution in [2.24, 2.45) is 5.41 Å². The molecule has 1 heterocycles. The lowest BCUT2D eigenvalue weighted by atomic mass is 9.85. The molecule has 0 aliphatic carbocycles. The number of halogens is 1. The predicted octanol–water partition coefficient (Wildman–Crippen LogP) is 1.84. The largest absolute Gasteiger partial charge is 0.397 e. The summed E-state index contributed by atoms with van der Waals surface area (Å²) >= 11 is 5.89. The number of pyridine rings is 1. The molecular weight excluding hydrogens is 266 g/mol. The van der Waals surface area contributed by atoms with E-state index in [1.807, 2.05) is 20.8 Å². The summed E-state index contributed by atoms with van der Waals surface area (Å²) in [6, 6.07) is 1.33. The van der Waals surface area contributed by atoms with Crippen LogP contribution in [0, 0.1) is 5.41 Å². The van der Waals surface area contributed by atoms with Gasteiger partial charge in [-0.3, -0.25) is 4.79 Å². The fourth-order valence-corrected chi connectivity index (χ4v) is 1.90. The lowest BCUT2D eigenvalue weighted by Gasteiger charge is -2.31. The molecule has 1 rings (SSSR count). The molecule has 1 unspecified atom stereocenters. The van der Waals surface area contributed by atoms with Gasteiger partial charge < -0.3 is 16.2 Å². The molecule has 6 heteroatoms. The van der Waals surface area contributed by atoms with Gasteiger partial charge in [-0.05, 0) is 17.9 Å². The molecule has 19 heavy (non-hydrogen) atoms. The van der Waals surface area contributed by atoms with E-state index in [0.29, 0.717) is 12.1 Å². The van der Waals surface area contributed by atoms with Gasteiger partial charge in [-0.25, -0.2) is 4.98 Å². The van der Waals surface area contributed by atoms with Crippen molar-refractivity contribution in [3.8, 4) is 0 Å². The molecule has 5 nitrogen and oxygen atoms in total. The minimum Gasteiger partial charge on any atom is -0.397 e. The number of nitrogens with two attached hydrogens (primary N) is 1. The quantitative estimate of drug-likeness (QED) is 0.737. The summed E-state index contributed by atoms with van der Waals surface area (Å²) in [6.07, 6.45) is 1.87. The number of carbonyl (C=O) groups is 1. The van der Waals surface area contributed by atoms with Crippen molar-refractivity contribution < 1.29 is 9.90 Å². The number of rotatable bonds is 4. The number of hydrogen-bond donors (Lipinski definition) is 3. The van der Waals surface area contributed by atoms with Crippen LogP contribution < -0.4 is 11.1 Å². The molecule has 0 saturated heterocycles. The summed E-state index contributed by atoms with van der Waals surface area (Å²) in [5.74, 6) is -0.335. The number of aliphatic hydroxyl groups is 1. The van der Waals surface area contributed by atoms with Crippen molar-refractivity contribution in [1.29, 1.82) is 0 Å². The van der Waals surface area contributed by atoms with Crippen molar-refractivity contribution in [1.82, 2.24) is 10.3 Å². The summed E-state index contributed by atoms with van der Waals surface area (Å²) in [4.78, 5) is 16.0. The maximum absolute atomic E-state index is 12.2. The number of nitrogens with zero attached hydrogens (tertiary/aromatic N) is 1. The lowest BCUT2D eigenvalue weighted by Crippen LogP contribution is -2.44. The summed E-state index contributed by atoms with van der Waals surface area (Å²) in [6.45, 7) is 5.98. The Kier molecular flexibility index (Phi) is 5.14. The number of nitrogens with one attached hydrogen (secondary N) is 1. The summed E-state index contributed by atoms with van der Waals surface area (Å²) in [5.41, 5.74) is 6.05. The second-order valence-electron chi connectivity index (χ2n) is 5.51. The highest BCUT2D eigenvalue weighted by atomic mass is 35.5. The molecule has 0 saturated carbocycles. The van der Waals surface area contributed by atoms with Crippen LogP contribution in [0.3, 0.4) is 0 Å². The third-order valence-corrected chi connectivity index (χ3v) is 3.17. The van der Waals surface area contributed by atoms with Gasteiger partial charge in [-0.15, -0.1) is 0 Å². The Morgan fingerprint density at radius 3 is 2.74 bits per heavy atom. The minimum atomic E-state index is -0.335.